The summed E-state index contributed by atoms with van der Waals surface area (Å²) in [6.45, 7) is 15.0. The number of rotatable bonds is 8. The molecule has 0 atom stereocenters. The van der Waals surface area contributed by atoms with Crippen LogP contribution >= 0.6 is 0 Å². The highest BCUT2D eigenvalue weighted by atomic mass is 28.3. The minimum absolute atomic E-state index is 0.773. The van der Waals surface area contributed by atoms with Gasteiger partial charge in [-0.2, -0.15) is 0 Å². The first-order chi connectivity index (χ1) is 6.77. The van der Waals surface area contributed by atoms with Gasteiger partial charge in [-0.25, -0.2) is 0 Å². The zero-order chi connectivity index (χ0) is 11.9. The van der Waals surface area contributed by atoms with Gasteiger partial charge in [0, 0.05) is 16.1 Å². The van der Waals surface area contributed by atoms with Crippen LogP contribution in [0.25, 0.3) is 0 Å². The third kappa shape index (κ3) is 10.7. The van der Waals surface area contributed by atoms with Gasteiger partial charge in [-0.05, 0) is 0 Å². The summed E-state index contributed by atoms with van der Waals surface area (Å²) in [5.41, 5.74) is 0. The monoisotopic (exact) mass is 244 g/mol. The van der Waals surface area contributed by atoms with E-state index in [4.69, 9.17) is 0 Å². The maximum atomic E-state index is 2.59. The highest BCUT2D eigenvalue weighted by molar-refractivity contribution is 6.78. The Bertz CT molecular complexity index is 156. The van der Waals surface area contributed by atoms with Gasteiger partial charge >= 0.3 is 0 Å². The molecule has 0 spiro atoms. The molecule has 0 nitrogen and oxygen atoms in total. The average Bonchev–Trinajstić information content (AvgIpc) is 2.01. The Morgan fingerprint density at radius 2 is 1.20 bits per heavy atom. The molecular formula is C13H32Si2. The second-order valence-corrected chi connectivity index (χ2v) is 18.0. The second kappa shape index (κ2) is 6.90. The van der Waals surface area contributed by atoms with Gasteiger partial charge in [0.2, 0.25) is 0 Å². The zero-order valence-electron chi connectivity index (χ0n) is 11.9. The van der Waals surface area contributed by atoms with E-state index in [9.17, 15) is 0 Å². The minimum atomic E-state index is -0.818. The number of hydrogen-bond donors (Lipinski definition) is 0. The van der Waals surface area contributed by atoms with Crippen molar-refractivity contribution in [3.05, 3.63) is 0 Å². The molecular weight excluding hydrogens is 212 g/mol. The van der Waals surface area contributed by atoms with E-state index in [0.717, 1.165) is 0 Å². The van der Waals surface area contributed by atoms with Gasteiger partial charge in [-0.15, -0.1) is 0 Å². The Kier molecular flexibility index (Phi) is 7.10. The van der Waals surface area contributed by atoms with Crippen LogP contribution in [-0.2, 0) is 0 Å². The molecule has 0 heterocycles. The van der Waals surface area contributed by atoms with Crippen molar-refractivity contribution in [3.8, 4) is 0 Å². The average molecular weight is 245 g/mol. The van der Waals surface area contributed by atoms with E-state index in [1.807, 2.05) is 0 Å². The topological polar surface area (TPSA) is 0 Å². The summed E-state index contributed by atoms with van der Waals surface area (Å²) in [6, 6.07) is 4.67. The molecule has 0 radical (unpaired) electrons. The summed E-state index contributed by atoms with van der Waals surface area (Å²) >= 11 is 0. The summed E-state index contributed by atoms with van der Waals surface area (Å²) in [7, 11) is -1.59. The molecule has 2 heteroatoms. The molecule has 0 aliphatic carbocycles. The Morgan fingerprint density at radius 3 is 1.67 bits per heavy atom. The van der Waals surface area contributed by atoms with E-state index in [1.165, 1.54) is 31.7 Å². The molecule has 0 amide bonds. The Labute approximate surface area is 99.9 Å². The fourth-order valence-electron chi connectivity index (χ4n) is 2.08. The molecule has 0 aromatic rings. The van der Waals surface area contributed by atoms with Gasteiger partial charge in [0.1, 0.15) is 0 Å². The lowest BCUT2D eigenvalue weighted by Crippen LogP contribution is -2.26. The van der Waals surface area contributed by atoms with Crippen molar-refractivity contribution in [2.75, 3.05) is 0 Å². The molecule has 0 N–H and O–H groups in total. The van der Waals surface area contributed by atoms with E-state index >= 15 is 0 Å². The van der Waals surface area contributed by atoms with Gasteiger partial charge < -0.3 is 0 Å². The zero-order valence-corrected chi connectivity index (χ0v) is 13.9. The van der Waals surface area contributed by atoms with Crippen LogP contribution < -0.4 is 0 Å². The van der Waals surface area contributed by atoms with E-state index in [1.54, 1.807) is 12.1 Å². The summed E-state index contributed by atoms with van der Waals surface area (Å²) in [6.07, 6.45) is 5.83. The molecule has 0 saturated carbocycles. The first kappa shape index (κ1) is 15.4. The molecule has 15 heavy (non-hydrogen) atoms. The Hall–Kier alpha value is 0.434. The van der Waals surface area contributed by atoms with Crippen molar-refractivity contribution in [3.63, 3.8) is 0 Å². The van der Waals surface area contributed by atoms with Crippen LogP contribution in [0.2, 0.25) is 50.9 Å². The SMILES string of the molecule is CCCCC[Si](C)(C)CCC[Si](C)(C)C. The van der Waals surface area contributed by atoms with E-state index in [2.05, 4.69) is 39.7 Å². The summed E-state index contributed by atoms with van der Waals surface area (Å²) in [5.74, 6) is 0. The van der Waals surface area contributed by atoms with Crippen LogP contribution in [0.4, 0.5) is 0 Å². The van der Waals surface area contributed by atoms with Crippen LogP contribution in [0.1, 0.15) is 32.6 Å². The molecule has 0 bridgehead atoms. The van der Waals surface area contributed by atoms with Gasteiger partial charge in [0.05, 0.1) is 0 Å². The van der Waals surface area contributed by atoms with Gasteiger partial charge in [0.15, 0.2) is 0 Å². The molecule has 0 aromatic heterocycles. The fraction of sp³-hybridized carbons (Fsp3) is 1.00. The normalized spacial score (nSPS) is 13.2. The molecule has 92 valence electrons. The number of hydrogen-bond acceptors (Lipinski definition) is 0. The smallest absolute Gasteiger partial charge is 0.0473 e. The quantitative estimate of drug-likeness (QED) is 0.384. The lowest BCUT2D eigenvalue weighted by molar-refractivity contribution is 0.759. The van der Waals surface area contributed by atoms with E-state index < -0.39 is 16.1 Å². The van der Waals surface area contributed by atoms with Gasteiger partial charge in [-0.3, -0.25) is 0 Å². The van der Waals surface area contributed by atoms with Crippen molar-refractivity contribution in [1.29, 1.82) is 0 Å². The predicted molar refractivity (Wildman–Crippen MR) is 79.4 cm³/mol. The molecule has 0 fully saturated rings. The van der Waals surface area contributed by atoms with Crippen LogP contribution in [0.15, 0.2) is 0 Å². The summed E-state index contributed by atoms with van der Waals surface area (Å²) in [4.78, 5) is 0. The molecule has 0 rings (SSSR count). The fourth-order valence-corrected chi connectivity index (χ4v) is 6.26. The Balaban J connectivity index is 3.64. The molecule has 0 aliphatic rings. The molecule has 0 saturated heterocycles. The van der Waals surface area contributed by atoms with Crippen LogP contribution in [0.3, 0.4) is 0 Å². The molecule has 0 aliphatic heterocycles. The van der Waals surface area contributed by atoms with Crippen molar-refractivity contribution in [2.24, 2.45) is 0 Å². The lowest BCUT2D eigenvalue weighted by atomic mass is 10.3. The van der Waals surface area contributed by atoms with E-state index in [-0.39, 0.29) is 0 Å². The summed E-state index contributed by atoms with van der Waals surface area (Å²) < 4.78 is 0. The standard InChI is InChI=1S/C13H32Si2/c1-7-8-9-12-15(5,6)13-10-11-14(2,3)4/h7-13H2,1-6H3. The highest BCUT2D eigenvalue weighted by Crippen LogP contribution is 2.24. The number of unbranched alkanes of at least 4 members (excludes halogenated alkanes) is 2. The first-order valence-electron chi connectivity index (χ1n) is 6.77. The van der Waals surface area contributed by atoms with Crippen LogP contribution in [0.5, 0.6) is 0 Å². The van der Waals surface area contributed by atoms with Crippen molar-refractivity contribution in [2.45, 2.75) is 83.5 Å². The third-order valence-electron chi connectivity index (χ3n) is 3.24. The van der Waals surface area contributed by atoms with Gasteiger partial charge in [-0.1, -0.05) is 83.5 Å². The van der Waals surface area contributed by atoms with Crippen LogP contribution in [0, 0.1) is 0 Å². The van der Waals surface area contributed by atoms with Crippen molar-refractivity contribution >= 4 is 16.1 Å². The third-order valence-corrected chi connectivity index (χ3v) is 8.51. The minimum Gasteiger partial charge on any atom is -0.0695 e. The van der Waals surface area contributed by atoms with Crippen LogP contribution in [-0.4, -0.2) is 16.1 Å². The van der Waals surface area contributed by atoms with E-state index in [0.29, 0.717) is 0 Å². The highest BCUT2D eigenvalue weighted by Gasteiger charge is 2.21. The lowest BCUT2D eigenvalue weighted by Gasteiger charge is -2.24. The molecule has 0 aromatic carbocycles. The predicted octanol–water partition coefficient (Wildman–Crippen LogP) is 5.61. The largest absolute Gasteiger partial charge is 0.0695 e. The maximum Gasteiger partial charge on any atom is 0.0473 e. The summed E-state index contributed by atoms with van der Waals surface area (Å²) in [5, 5.41) is 0. The van der Waals surface area contributed by atoms with Gasteiger partial charge in [0.25, 0.3) is 0 Å². The molecule has 0 unspecified atom stereocenters. The van der Waals surface area contributed by atoms with Crippen molar-refractivity contribution < 1.29 is 0 Å². The van der Waals surface area contributed by atoms with Crippen molar-refractivity contribution in [1.82, 2.24) is 0 Å². The first-order valence-corrected chi connectivity index (χ1v) is 13.9. The second-order valence-electron chi connectivity index (χ2n) is 7.04. The maximum absolute atomic E-state index is 2.59. The Morgan fingerprint density at radius 1 is 0.667 bits per heavy atom.